The second-order valence-corrected chi connectivity index (χ2v) is 7.50. The Bertz CT molecular complexity index is 589. The van der Waals surface area contributed by atoms with Crippen LogP contribution in [0.1, 0.15) is 46.1 Å². The van der Waals surface area contributed by atoms with Crippen LogP contribution in [0.4, 0.5) is 0 Å². The molecule has 0 fully saturated rings. The predicted molar refractivity (Wildman–Crippen MR) is 99.0 cm³/mol. The molecule has 3 heteroatoms. The average molecular weight is 316 g/mol. The molecule has 0 atom stereocenters. The number of nitrogens with one attached hydrogen (secondary N) is 1. The molecule has 0 radical (unpaired) electrons. The van der Waals surface area contributed by atoms with Crippen molar-refractivity contribution in [1.29, 1.82) is 0 Å². The topological polar surface area (TPSA) is 39.3 Å². The second-order valence-electron chi connectivity index (χ2n) is 7.50. The zero-order valence-electron chi connectivity index (χ0n) is 15.1. The summed E-state index contributed by atoms with van der Waals surface area (Å²) in [5.74, 6) is 1.85. The fraction of sp³-hybridized carbons (Fsp3) is 0.600. The van der Waals surface area contributed by atoms with Gasteiger partial charge in [0.1, 0.15) is 5.75 Å². The summed E-state index contributed by atoms with van der Waals surface area (Å²) in [6.45, 7) is 12.6. The van der Waals surface area contributed by atoms with Gasteiger partial charge in [-0.25, -0.2) is 0 Å². The van der Waals surface area contributed by atoms with Crippen LogP contribution in [0.25, 0.3) is 10.9 Å². The van der Waals surface area contributed by atoms with Crippen molar-refractivity contribution in [2.75, 3.05) is 19.6 Å². The van der Waals surface area contributed by atoms with Crippen LogP contribution in [0.15, 0.2) is 24.4 Å². The Labute approximate surface area is 140 Å². The molecular weight excluding hydrogens is 284 g/mol. The van der Waals surface area contributed by atoms with Crippen LogP contribution in [0.3, 0.4) is 0 Å². The van der Waals surface area contributed by atoms with E-state index in [4.69, 9.17) is 0 Å². The Morgan fingerprint density at radius 3 is 2.26 bits per heavy atom. The van der Waals surface area contributed by atoms with Crippen LogP contribution in [0, 0.1) is 11.8 Å². The third-order valence-electron chi connectivity index (χ3n) is 4.49. The number of H-pyrrole nitrogens is 1. The van der Waals surface area contributed by atoms with Crippen molar-refractivity contribution in [3.8, 4) is 5.75 Å². The van der Waals surface area contributed by atoms with E-state index in [2.05, 4.69) is 43.8 Å². The van der Waals surface area contributed by atoms with E-state index in [0.29, 0.717) is 5.75 Å². The van der Waals surface area contributed by atoms with Crippen LogP contribution >= 0.6 is 0 Å². The van der Waals surface area contributed by atoms with Crippen molar-refractivity contribution in [1.82, 2.24) is 9.88 Å². The first-order valence-corrected chi connectivity index (χ1v) is 8.97. The number of hydrogen-bond donors (Lipinski definition) is 2. The lowest BCUT2D eigenvalue weighted by Gasteiger charge is -2.24. The molecule has 1 aromatic heterocycles. The maximum Gasteiger partial charge on any atom is 0.116 e. The minimum absolute atomic E-state index is 0.342. The van der Waals surface area contributed by atoms with Gasteiger partial charge in [-0.3, -0.25) is 0 Å². The molecule has 1 aromatic carbocycles. The maximum absolute atomic E-state index is 9.72. The van der Waals surface area contributed by atoms with Gasteiger partial charge in [0.15, 0.2) is 0 Å². The number of rotatable bonds is 9. The minimum Gasteiger partial charge on any atom is -0.508 e. The number of phenols is 1. The third-order valence-corrected chi connectivity index (χ3v) is 4.49. The largest absolute Gasteiger partial charge is 0.508 e. The molecule has 3 nitrogen and oxygen atoms in total. The monoisotopic (exact) mass is 316 g/mol. The fourth-order valence-electron chi connectivity index (χ4n) is 2.87. The maximum atomic E-state index is 9.72. The van der Waals surface area contributed by atoms with Crippen LogP contribution in [0.5, 0.6) is 5.75 Å². The summed E-state index contributed by atoms with van der Waals surface area (Å²) in [4.78, 5) is 5.91. The van der Waals surface area contributed by atoms with E-state index in [1.165, 1.54) is 31.5 Å². The number of benzene rings is 1. The molecule has 0 unspecified atom stereocenters. The molecule has 0 saturated carbocycles. The summed E-state index contributed by atoms with van der Waals surface area (Å²) in [6.07, 6.45) is 5.63. The molecule has 0 amide bonds. The zero-order chi connectivity index (χ0) is 16.8. The van der Waals surface area contributed by atoms with E-state index < -0.39 is 0 Å². The van der Waals surface area contributed by atoms with E-state index in [9.17, 15) is 5.11 Å². The van der Waals surface area contributed by atoms with Gasteiger partial charge in [-0.2, -0.15) is 0 Å². The van der Waals surface area contributed by atoms with Gasteiger partial charge in [-0.05, 0) is 68.0 Å². The molecular formula is C20H32N2O. The normalized spacial score (nSPS) is 12.1. The van der Waals surface area contributed by atoms with Crippen molar-refractivity contribution in [2.24, 2.45) is 11.8 Å². The molecule has 2 rings (SSSR count). The summed E-state index contributed by atoms with van der Waals surface area (Å²) >= 11 is 0. The smallest absolute Gasteiger partial charge is 0.116 e. The van der Waals surface area contributed by atoms with Gasteiger partial charge in [0.05, 0.1) is 0 Å². The third kappa shape index (κ3) is 5.58. The van der Waals surface area contributed by atoms with Gasteiger partial charge >= 0.3 is 0 Å². The van der Waals surface area contributed by atoms with E-state index in [1.807, 2.05) is 12.1 Å². The summed E-state index contributed by atoms with van der Waals surface area (Å²) < 4.78 is 0. The summed E-state index contributed by atoms with van der Waals surface area (Å²) in [7, 11) is 0. The molecule has 0 spiro atoms. The molecule has 128 valence electrons. The van der Waals surface area contributed by atoms with Crippen molar-refractivity contribution in [3.63, 3.8) is 0 Å². The lowest BCUT2D eigenvalue weighted by molar-refractivity contribution is 0.246. The summed E-state index contributed by atoms with van der Waals surface area (Å²) in [5.41, 5.74) is 2.41. The standard InChI is InChI=1S/C20H32N2O/c1-15(2)7-10-22(11-8-16(3)4)12-9-17-14-21-20-6-5-18(23)13-19(17)20/h5-6,13-16,21,23H,7-12H2,1-4H3. The molecule has 0 aliphatic carbocycles. The number of aromatic hydroxyl groups is 1. The van der Waals surface area contributed by atoms with Crippen molar-refractivity contribution in [2.45, 2.75) is 47.0 Å². The molecule has 0 bridgehead atoms. The van der Waals surface area contributed by atoms with Gasteiger partial charge in [0.2, 0.25) is 0 Å². The van der Waals surface area contributed by atoms with Crippen molar-refractivity contribution >= 4 is 10.9 Å². The van der Waals surface area contributed by atoms with Gasteiger partial charge in [-0.1, -0.05) is 27.7 Å². The van der Waals surface area contributed by atoms with Gasteiger partial charge in [-0.15, -0.1) is 0 Å². The zero-order valence-corrected chi connectivity index (χ0v) is 15.1. The summed E-state index contributed by atoms with van der Waals surface area (Å²) in [5, 5.41) is 10.9. The summed E-state index contributed by atoms with van der Waals surface area (Å²) in [6, 6.07) is 5.55. The van der Waals surface area contributed by atoms with E-state index in [0.717, 1.165) is 35.7 Å². The predicted octanol–water partition coefficient (Wildman–Crippen LogP) is 4.81. The Kier molecular flexibility index (Phi) is 6.52. The molecule has 0 saturated heterocycles. The van der Waals surface area contributed by atoms with Crippen molar-refractivity contribution < 1.29 is 5.11 Å². The SMILES string of the molecule is CC(C)CCN(CCc1c[nH]c2ccc(O)cc12)CCC(C)C. The highest BCUT2D eigenvalue weighted by atomic mass is 16.3. The van der Waals surface area contributed by atoms with Crippen LogP contribution < -0.4 is 0 Å². The first-order chi connectivity index (χ1) is 11.0. The molecule has 1 heterocycles. The number of aromatic nitrogens is 1. The van der Waals surface area contributed by atoms with Gasteiger partial charge in [0, 0.05) is 23.6 Å². The Hall–Kier alpha value is -1.48. The van der Waals surface area contributed by atoms with E-state index in [1.54, 1.807) is 6.07 Å². The Balaban J connectivity index is 1.98. The fourth-order valence-corrected chi connectivity index (χ4v) is 2.87. The Morgan fingerprint density at radius 2 is 1.65 bits per heavy atom. The first kappa shape index (κ1) is 17.9. The highest BCUT2D eigenvalue weighted by Crippen LogP contribution is 2.23. The van der Waals surface area contributed by atoms with Gasteiger partial charge in [0.25, 0.3) is 0 Å². The van der Waals surface area contributed by atoms with Crippen molar-refractivity contribution in [3.05, 3.63) is 30.0 Å². The average Bonchev–Trinajstić information content (AvgIpc) is 2.88. The number of fused-ring (bicyclic) bond motifs is 1. The number of hydrogen-bond acceptors (Lipinski definition) is 2. The molecule has 0 aliphatic rings. The molecule has 0 aliphatic heterocycles. The molecule has 23 heavy (non-hydrogen) atoms. The quantitative estimate of drug-likeness (QED) is 0.697. The first-order valence-electron chi connectivity index (χ1n) is 8.97. The lowest BCUT2D eigenvalue weighted by Crippen LogP contribution is -2.29. The van der Waals surface area contributed by atoms with Gasteiger partial charge < -0.3 is 15.0 Å². The number of nitrogens with zero attached hydrogens (tertiary/aromatic N) is 1. The number of phenolic OH excluding ortho intramolecular Hbond substituents is 1. The number of aromatic amines is 1. The second kappa shape index (κ2) is 8.39. The van der Waals surface area contributed by atoms with Crippen LogP contribution in [-0.2, 0) is 6.42 Å². The van der Waals surface area contributed by atoms with Crippen LogP contribution in [0.2, 0.25) is 0 Å². The van der Waals surface area contributed by atoms with Crippen LogP contribution in [-0.4, -0.2) is 34.6 Å². The minimum atomic E-state index is 0.342. The van der Waals surface area contributed by atoms with E-state index >= 15 is 0 Å². The van der Waals surface area contributed by atoms with E-state index in [-0.39, 0.29) is 0 Å². The molecule has 2 aromatic rings. The Morgan fingerprint density at radius 1 is 1.00 bits per heavy atom. The molecule has 2 N–H and O–H groups in total. The lowest BCUT2D eigenvalue weighted by atomic mass is 10.1. The highest BCUT2D eigenvalue weighted by Gasteiger charge is 2.10. The highest BCUT2D eigenvalue weighted by molar-refractivity contribution is 5.84.